The molecule has 1 aliphatic heterocycles. The molecule has 0 fully saturated rings. The predicted molar refractivity (Wildman–Crippen MR) is 90.3 cm³/mol. The maximum absolute atomic E-state index is 12.9. The topological polar surface area (TPSA) is 29.5 Å². The Balaban J connectivity index is 1.94. The minimum Gasteiger partial charge on any atom is -0.497 e. The smallest absolute Gasteiger partial charge is 0.255 e. The fraction of sp³-hybridized carbons (Fsp3) is 0.278. The van der Waals surface area contributed by atoms with Gasteiger partial charge in [-0.25, -0.2) is 0 Å². The van der Waals surface area contributed by atoms with E-state index < -0.39 is 0 Å². The van der Waals surface area contributed by atoms with Gasteiger partial charge in [0.1, 0.15) is 5.75 Å². The summed E-state index contributed by atoms with van der Waals surface area (Å²) in [6, 6.07) is 13.7. The molecule has 0 radical (unpaired) electrons. The van der Waals surface area contributed by atoms with Crippen molar-refractivity contribution in [2.75, 3.05) is 13.7 Å². The Morgan fingerprint density at radius 1 is 1.27 bits per heavy atom. The van der Waals surface area contributed by atoms with E-state index in [2.05, 4.69) is 28.9 Å². The molecule has 0 N–H and O–H groups in total. The highest BCUT2D eigenvalue weighted by molar-refractivity contribution is 9.10. The first-order chi connectivity index (χ1) is 10.6. The number of fused-ring (bicyclic) bond motifs is 1. The fourth-order valence-corrected chi connectivity index (χ4v) is 3.44. The molecule has 0 spiro atoms. The van der Waals surface area contributed by atoms with E-state index in [0.717, 1.165) is 23.2 Å². The van der Waals surface area contributed by atoms with E-state index in [1.54, 1.807) is 7.11 Å². The van der Waals surface area contributed by atoms with Crippen molar-refractivity contribution in [3.8, 4) is 5.75 Å². The number of halogens is 1. The Kier molecular flexibility index (Phi) is 4.21. The highest BCUT2D eigenvalue weighted by atomic mass is 79.9. The average Bonchev–Trinajstić information content (AvgIpc) is 2.55. The molecular weight excluding hydrogens is 342 g/mol. The van der Waals surface area contributed by atoms with E-state index in [1.807, 2.05) is 41.3 Å². The largest absolute Gasteiger partial charge is 0.497 e. The predicted octanol–water partition coefficient (Wildman–Crippen LogP) is 4.22. The van der Waals surface area contributed by atoms with Crippen molar-refractivity contribution < 1.29 is 9.53 Å². The molecule has 1 unspecified atom stereocenters. The van der Waals surface area contributed by atoms with Crippen LogP contribution in [0, 0.1) is 0 Å². The van der Waals surface area contributed by atoms with Crippen LogP contribution in [0.1, 0.15) is 34.5 Å². The number of rotatable bonds is 2. The van der Waals surface area contributed by atoms with E-state index in [-0.39, 0.29) is 11.9 Å². The van der Waals surface area contributed by atoms with Crippen LogP contribution in [-0.4, -0.2) is 24.5 Å². The van der Waals surface area contributed by atoms with Crippen molar-refractivity contribution in [1.82, 2.24) is 4.90 Å². The van der Waals surface area contributed by atoms with E-state index in [9.17, 15) is 4.79 Å². The highest BCUT2D eigenvalue weighted by Gasteiger charge is 2.29. The zero-order valence-corrected chi connectivity index (χ0v) is 14.3. The number of hydrogen-bond acceptors (Lipinski definition) is 2. The zero-order chi connectivity index (χ0) is 15.7. The van der Waals surface area contributed by atoms with E-state index in [0.29, 0.717) is 5.56 Å². The summed E-state index contributed by atoms with van der Waals surface area (Å²) in [6.45, 7) is 2.81. The summed E-state index contributed by atoms with van der Waals surface area (Å²) in [5, 5.41) is 0. The van der Waals surface area contributed by atoms with Gasteiger partial charge in [0.2, 0.25) is 0 Å². The van der Waals surface area contributed by atoms with E-state index in [4.69, 9.17) is 4.74 Å². The van der Waals surface area contributed by atoms with Gasteiger partial charge in [-0.3, -0.25) is 4.79 Å². The summed E-state index contributed by atoms with van der Waals surface area (Å²) in [5.41, 5.74) is 3.18. The number of ether oxygens (including phenoxy) is 1. The highest BCUT2D eigenvalue weighted by Crippen LogP contribution is 2.33. The fourth-order valence-electron chi connectivity index (χ4n) is 2.99. The molecule has 1 aliphatic rings. The molecule has 0 aliphatic carbocycles. The van der Waals surface area contributed by atoms with Crippen molar-refractivity contribution in [1.29, 1.82) is 0 Å². The Morgan fingerprint density at radius 2 is 2.05 bits per heavy atom. The number of carbonyl (C=O) groups is 1. The molecule has 0 saturated carbocycles. The number of nitrogens with zero attached hydrogens (tertiary/aromatic N) is 1. The second kappa shape index (κ2) is 6.13. The summed E-state index contributed by atoms with van der Waals surface area (Å²) in [4.78, 5) is 14.8. The molecule has 0 aromatic heterocycles. The maximum atomic E-state index is 12.9. The Hall–Kier alpha value is -1.81. The minimum absolute atomic E-state index is 0.0402. The molecule has 3 nitrogen and oxygen atoms in total. The van der Waals surface area contributed by atoms with Gasteiger partial charge in [0.25, 0.3) is 5.91 Å². The number of benzene rings is 2. The first kappa shape index (κ1) is 15.1. The van der Waals surface area contributed by atoms with Crippen LogP contribution >= 0.6 is 15.9 Å². The van der Waals surface area contributed by atoms with Crippen LogP contribution in [0.5, 0.6) is 5.75 Å². The summed E-state index contributed by atoms with van der Waals surface area (Å²) in [6.07, 6.45) is 0.875. The average molecular weight is 360 g/mol. The third-order valence-corrected chi connectivity index (χ3v) is 4.95. The molecule has 1 atom stereocenters. The second-order valence-electron chi connectivity index (χ2n) is 5.47. The molecule has 2 aromatic rings. The summed E-state index contributed by atoms with van der Waals surface area (Å²) in [5.74, 6) is 0.897. The van der Waals surface area contributed by atoms with Crippen molar-refractivity contribution in [2.45, 2.75) is 19.4 Å². The maximum Gasteiger partial charge on any atom is 0.255 e. The monoisotopic (exact) mass is 359 g/mol. The van der Waals surface area contributed by atoms with Crippen LogP contribution in [0.4, 0.5) is 0 Å². The van der Waals surface area contributed by atoms with Crippen LogP contribution in [0.15, 0.2) is 46.9 Å². The van der Waals surface area contributed by atoms with Gasteiger partial charge in [0.05, 0.1) is 18.7 Å². The first-order valence-electron chi connectivity index (χ1n) is 7.34. The number of hydrogen-bond donors (Lipinski definition) is 0. The molecule has 1 amide bonds. The molecule has 3 rings (SSSR count). The Bertz CT molecular complexity index is 714. The Labute approximate surface area is 139 Å². The van der Waals surface area contributed by atoms with Gasteiger partial charge in [-0.05, 0) is 64.7 Å². The number of amides is 1. The lowest BCUT2D eigenvalue weighted by atomic mass is 9.92. The molecular formula is C18H18BrNO2. The molecule has 0 bridgehead atoms. The minimum atomic E-state index is 0.0402. The van der Waals surface area contributed by atoms with Gasteiger partial charge in [0, 0.05) is 11.0 Å². The molecule has 22 heavy (non-hydrogen) atoms. The van der Waals surface area contributed by atoms with E-state index >= 15 is 0 Å². The summed E-state index contributed by atoms with van der Waals surface area (Å²) >= 11 is 3.47. The van der Waals surface area contributed by atoms with Crippen molar-refractivity contribution in [2.24, 2.45) is 0 Å². The molecule has 4 heteroatoms. The summed E-state index contributed by atoms with van der Waals surface area (Å²) < 4.78 is 6.15. The molecule has 2 aromatic carbocycles. The van der Waals surface area contributed by atoms with Crippen LogP contribution in [0.3, 0.4) is 0 Å². The van der Waals surface area contributed by atoms with Crippen LogP contribution < -0.4 is 4.74 Å². The van der Waals surface area contributed by atoms with Crippen LogP contribution in [-0.2, 0) is 6.42 Å². The van der Waals surface area contributed by atoms with Crippen molar-refractivity contribution in [3.63, 3.8) is 0 Å². The quantitative estimate of drug-likeness (QED) is 0.803. The second-order valence-corrected chi connectivity index (χ2v) is 6.32. The zero-order valence-electron chi connectivity index (χ0n) is 12.7. The van der Waals surface area contributed by atoms with Gasteiger partial charge < -0.3 is 9.64 Å². The van der Waals surface area contributed by atoms with Gasteiger partial charge >= 0.3 is 0 Å². The van der Waals surface area contributed by atoms with Gasteiger partial charge in [-0.1, -0.05) is 18.2 Å². The number of methoxy groups -OCH3 is 1. The third-order valence-electron chi connectivity index (χ3n) is 4.26. The van der Waals surface area contributed by atoms with Crippen molar-refractivity contribution in [3.05, 3.63) is 63.6 Å². The van der Waals surface area contributed by atoms with Gasteiger partial charge in [0.15, 0.2) is 0 Å². The van der Waals surface area contributed by atoms with Gasteiger partial charge in [-0.2, -0.15) is 0 Å². The lowest BCUT2D eigenvalue weighted by molar-refractivity contribution is 0.0676. The summed E-state index contributed by atoms with van der Waals surface area (Å²) in [7, 11) is 1.67. The lowest BCUT2D eigenvalue weighted by Crippen LogP contribution is -2.39. The molecule has 1 heterocycles. The van der Waals surface area contributed by atoms with E-state index in [1.165, 1.54) is 11.1 Å². The molecule has 0 saturated heterocycles. The standard InChI is InChI=1S/C18H18BrNO2/c1-12-16-11-14(22-2)8-7-13(16)9-10-20(12)18(21)15-5-3-4-6-17(15)19/h3-8,11-12H,9-10H2,1-2H3. The third kappa shape index (κ3) is 2.63. The SMILES string of the molecule is COc1ccc2c(c1)C(C)N(C(=O)c1ccccc1Br)CC2. The first-order valence-corrected chi connectivity index (χ1v) is 8.13. The van der Waals surface area contributed by atoms with Crippen LogP contribution in [0.25, 0.3) is 0 Å². The van der Waals surface area contributed by atoms with Crippen LogP contribution in [0.2, 0.25) is 0 Å². The molecule has 114 valence electrons. The number of carbonyl (C=O) groups excluding carboxylic acids is 1. The van der Waals surface area contributed by atoms with Gasteiger partial charge in [-0.15, -0.1) is 0 Å². The lowest BCUT2D eigenvalue weighted by Gasteiger charge is -2.35. The van der Waals surface area contributed by atoms with Crippen molar-refractivity contribution >= 4 is 21.8 Å². The Morgan fingerprint density at radius 3 is 2.77 bits per heavy atom. The normalized spacial score (nSPS) is 17.0.